The summed E-state index contributed by atoms with van der Waals surface area (Å²) in [5.74, 6) is 0.511. The molecular weight excluding hydrogens is 459 g/mol. The molecule has 190 valence electrons. The SMILES string of the molecule is Cc1c(C(=O)N2CCC3(CCCCc4ccccc4OCCN(C)C3=O)CC2)oc2c(F)cccc12. The summed E-state index contributed by atoms with van der Waals surface area (Å²) >= 11 is 0. The average molecular weight is 493 g/mol. The first-order valence-electron chi connectivity index (χ1n) is 12.8. The van der Waals surface area contributed by atoms with E-state index >= 15 is 0 Å². The van der Waals surface area contributed by atoms with Crippen LogP contribution in [-0.2, 0) is 11.2 Å². The molecule has 2 amide bonds. The second-order valence-corrected chi connectivity index (χ2v) is 10.1. The number of hydrogen-bond acceptors (Lipinski definition) is 4. The smallest absolute Gasteiger partial charge is 0.289 e. The molecule has 6 nitrogen and oxygen atoms in total. The summed E-state index contributed by atoms with van der Waals surface area (Å²) in [6, 6.07) is 12.8. The van der Waals surface area contributed by atoms with E-state index in [2.05, 4.69) is 6.07 Å². The van der Waals surface area contributed by atoms with Crippen molar-refractivity contribution in [3.8, 4) is 5.75 Å². The van der Waals surface area contributed by atoms with Crippen molar-refractivity contribution in [3.05, 3.63) is 65.2 Å². The normalized spacial score (nSPS) is 18.9. The molecule has 0 radical (unpaired) electrons. The minimum Gasteiger partial charge on any atom is -0.491 e. The van der Waals surface area contributed by atoms with Gasteiger partial charge in [-0.3, -0.25) is 9.59 Å². The molecule has 0 aliphatic carbocycles. The zero-order valence-corrected chi connectivity index (χ0v) is 21.0. The maximum absolute atomic E-state index is 14.2. The molecule has 2 aromatic carbocycles. The van der Waals surface area contributed by atoms with Crippen molar-refractivity contribution in [2.24, 2.45) is 5.41 Å². The van der Waals surface area contributed by atoms with Gasteiger partial charge in [-0.25, -0.2) is 4.39 Å². The van der Waals surface area contributed by atoms with Gasteiger partial charge >= 0.3 is 0 Å². The quantitative estimate of drug-likeness (QED) is 0.458. The summed E-state index contributed by atoms with van der Waals surface area (Å²) in [5, 5.41) is 0.617. The standard InChI is InChI=1S/C29H33FN2O4/c1-20-22-10-7-11-23(30)26(22)36-25(20)27(33)32-16-14-29(15-17-32)13-6-5-9-21-8-3-4-12-24(21)35-19-18-31(2)28(29)34/h3-4,7-8,10-12H,5-6,9,13-19H2,1-2H3. The Hall–Kier alpha value is -3.35. The molecule has 0 bridgehead atoms. The third-order valence-corrected chi connectivity index (χ3v) is 7.93. The number of rotatable bonds is 1. The fourth-order valence-corrected chi connectivity index (χ4v) is 5.69. The lowest BCUT2D eigenvalue weighted by molar-refractivity contribution is -0.144. The summed E-state index contributed by atoms with van der Waals surface area (Å²) in [4.78, 5) is 30.5. The van der Waals surface area contributed by atoms with Crippen LogP contribution in [0.15, 0.2) is 46.9 Å². The van der Waals surface area contributed by atoms with Crippen LogP contribution in [0.4, 0.5) is 4.39 Å². The van der Waals surface area contributed by atoms with Crippen LogP contribution >= 0.6 is 0 Å². The number of benzene rings is 2. The monoisotopic (exact) mass is 492 g/mol. The van der Waals surface area contributed by atoms with Gasteiger partial charge < -0.3 is 19.0 Å². The van der Waals surface area contributed by atoms with Crippen molar-refractivity contribution in [2.75, 3.05) is 33.3 Å². The molecule has 0 saturated carbocycles. The summed E-state index contributed by atoms with van der Waals surface area (Å²) in [5.41, 5.74) is 1.49. The molecule has 36 heavy (non-hydrogen) atoms. The number of piperidine rings is 1. The van der Waals surface area contributed by atoms with Gasteiger partial charge in [-0.2, -0.15) is 0 Å². The van der Waals surface area contributed by atoms with Crippen molar-refractivity contribution in [2.45, 2.75) is 45.4 Å². The van der Waals surface area contributed by atoms with Crippen molar-refractivity contribution >= 4 is 22.8 Å². The molecule has 3 aromatic rings. The van der Waals surface area contributed by atoms with Crippen LogP contribution in [0.25, 0.3) is 11.0 Å². The van der Waals surface area contributed by atoms with Crippen molar-refractivity contribution < 1.29 is 23.1 Å². The molecule has 0 N–H and O–H groups in total. The van der Waals surface area contributed by atoms with Gasteiger partial charge in [0.15, 0.2) is 17.2 Å². The predicted molar refractivity (Wildman–Crippen MR) is 136 cm³/mol. The molecule has 0 unspecified atom stereocenters. The zero-order valence-electron chi connectivity index (χ0n) is 21.0. The third-order valence-electron chi connectivity index (χ3n) is 7.93. The highest BCUT2D eigenvalue weighted by atomic mass is 19.1. The Morgan fingerprint density at radius 1 is 1.00 bits per heavy atom. The number of furan rings is 1. The zero-order chi connectivity index (χ0) is 25.3. The number of fused-ring (bicyclic) bond motifs is 2. The van der Waals surface area contributed by atoms with E-state index < -0.39 is 11.2 Å². The number of likely N-dealkylation sites (tertiary alicyclic amines) is 1. The largest absolute Gasteiger partial charge is 0.491 e. The van der Waals surface area contributed by atoms with Gasteiger partial charge in [-0.15, -0.1) is 0 Å². The Bertz CT molecular complexity index is 1280. The topological polar surface area (TPSA) is 63.0 Å². The van der Waals surface area contributed by atoms with Crippen LogP contribution < -0.4 is 4.74 Å². The average Bonchev–Trinajstić information content (AvgIpc) is 3.24. The Morgan fingerprint density at radius 2 is 1.78 bits per heavy atom. The van der Waals surface area contributed by atoms with Crippen LogP contribution in [0.1, 0.15) is 53.8 Å². The predicted octanol–water partition coefficient (Wildman–Crippen LogP) is 5.37. The number of nitrogens with zero attached hydrogens (tertiary/aromatic N) is 2. The number of para-hydroxylation sites is 2. The van der Waals surface area contributed by atoms with Gasteiger partial charge in [-0.1, -0.05) is 36.8 Å². The number of halogens is 1. The molecule has 3 heterocycles. The maximum atomic E-state index is 14.2. The first kappa shape index (κ1) is 24.3. The lowest BCUT2D eigenvalue weighted by atomic mass is 9.73. The van der Waals surface area contributed by atoms with Crippen LogP contribution in [0, 0.1) is 18.2 Å². The van der Waals surface area contributed by atoms with E-state index in [9.17, 15) is 14.0 Å². The highest BCUT2D eigenvalue weighted by Gasteiger charge is 2.43. The molecule has 2 aliphatic heterocycles. The molecule has 7 heteroatoms. The molecule has 1 spiro atoms. The van der Waals surface area contributed by atoms with Gasteiger partial charge in [0.25, 0.3) is 5.91 Å². The van der Waals surface area contributed by atoms with Crippen LogP contribution in [-0.4, -0.2) is 54.9 Å². The van der Waals surface area contributed by atoms with Gasteiger partial charge in [0.2, 0.25) is 5.91 Å². The van der Waals surface area contributed by atoms with Gasteiger partial charge in [0.1, 0.15) is 12.4 Å². The van der Waals surface area contributed by atoms with Crippen LogP contribution in [0.2, 0.25) is 0 Å². The van der Waals surface area contributed by atoms with Crippen LogP contribution in [0.3, 0.4) is 0 Å². The molecule has 1 fully saturated rings. The van der Waals surface area contributed by atoms with E-state index in [4.69, 9.17) is 9.15 Å². The minimum absolute atomic E-state index is 0.117. The lowest BCUT2D eigenvalue weighted by Gasteiger charge is -2.42. The number of carbonyl (C=O) groups is 2. The van der Waals surface area contributed by atoms with Crippen molar-refractivity contribution in [3.63, 3.8) is 0 Å². The van der Waals surface area contributed by atoms with E-state index in [0.717, 1.165) is 31.4 Å². The number of aryl methyl sites for hydroxylation is 2. The van der Waals surface area contributed by atoms with E-state index in [1.54, 1.807) is 28.9 Å². The highest BCUT2D eigenvalue weighted by molar-refractivity contribution is 5.99. The number of likely N-dealkylation sites (N-methyl/N-ethyl adjacent to an activating group) is 1. The van der Waals surface area contributed by atoms with Gasteiger partial charge in [-0.05, 0) is 56.7 Å². The van der Waals surface area contributed by atoms with Crippen LogP contribution in [0.5, 0.6) is 5.75 Å². The minimum atomic E-state index is -0.487. The molecule has 1 saturated heterocycles. The summed E-state index contributed by atoms with van der Waals surface area (Å²) in [7, 11) is 1.84. The Morgan fingerprint density at radius 3 is 2.56 bits per heavy atom. The number of amides is 2. The van der Waals surface area contributed by atoms with Gasteiger partial charge in [0.05, 0.1) is 12.0 Å². The second kappa shape index (κ2) is 9.96. The molecule has 5 rings (SSSR count). The third kappa shape index (κ3) is 4.47. The van der Waals surface area contributed by atoms with E-state index in [1.165, 1.54) is 11.6 Å². The molecule has 2 aliphatic rings. The van der Waals surface area contributed by atoms with E-state index in [0.29, 0.717) is 50.0 Å². The summed E-state index contributed by atoms with van der Waals surface area (Å²) in [6.45, 7) is 3.69. The first-order valence-corrected chi connectivity index (χ1v) is 12.8. The Balaban J connectivity index is 1.31. The van der Waals surface area contributed by atoms with Gasteiger partial charge in [0, 0.05) is 31.1 Å². The number of hydrogen-bond donors (Lipinski definition) is 0. The van der Waals surface area contributed by atoms with E-state index in [-0.39, 0.29) is 23.2 Å². The van der Waals surface area contributed by atoms with Crippen molar-refractivity contribution in [1.82, 2.24) is 9.80 Å². The number of carbonyl (C=O) groups excluding carboxylic acids is 2. The number of ether oxygens (including phenoxy) is 1. The maximum Gasteiger partial charge on any atom is 0.289 e. The lowest BCUT2D eigenvalue weighted by Crippen LogP contribution is -2.51. The fraction of sp³-hybridized carbons (Fsp3) is 0.448. The van der Waals surface area contributed by atoms with Crippen molar-refractivity contribution in [1.29, 1.82) is 0 Å². The molecule has 0 atom stereocenters. The molecule has 1 aromatic heterocycles. The summed E-state index contributed by atoms with van der Waals surface area (Å²) < 4.78 is 25.9. The second-order valence-electron chi connectivity index (χ2n) is 10.1. The fourth-order valence-electron chi connectivity index (χ4n) is 5.69. The van der Waals surface area contributed by atoms with E-state index in [1.807, 2.05) is 25.2 Å². The first-order chi connectivity index (χ1) is 17.4. The summed E-state index contributed by atoms with van der Waals surface area (Å²) in [6.07, 6.45) is 4.84. The molecular formula is C29H33FN2O4. The Labute approximate surface area is 211 Å². The highest BCUT2D eigenvalue weighted by Crippen LogP contribution is 2.40. The Kier molecular flexibility index (Phi) is 6.73.